The van der Waals surface area contributed by atoms with E-state index in [2.05, 4.69) is 14.8 Å². The Morgan fingerprint density at radius 2 is 2.15 bits per heavy atom. The maximum absolute atomic E-state index is 5.56. The lowest BCUT2D eigenvalue weighted by atomic mass is 10.1. The Bertz CT molecular complexity index is 273. The summed E-state index contributed by atoms with van der Waals surface area (Å²) in [7, 11) is 0. The average Bonchev–Trinajstić information content (AvgIpc) is 2.53. The maximum Gasteiger partial charge on any atom is 0.133 e. The fourth-order valence-corrected chi connectivity index (χ4v) is 1.55. The Balaban J connectivity index is 0.000000720. The Hall–Kier alpha value is -0.320. The minimum absolute atomic E-state index is 0. The predicted molar refractivity (Wildman–Crippen MR) is 55.5 cm³/mol. The fourth-order valence-electron chi connectivity index (χ4n) is 1.55. The average molecular weight is 225 g/mol. The molecule has 0 aliphatic carbocycles. The van der Waals surface area contributed by atoms with Gasteiger partial charge in [0.2, 0.25) is 0 Å². The van der Waals surface area contributed by atoms with Crippen molar-refractivity contribution in [1.82, 2.24) is 14.8 Å². The van der Waals surface area contributed by atoms with Gasteiger partial charge in [0.15, 0.2) is 0 Å². The zero-order valence-corrected chi connectivity index (χ0v) is 9.07. The third-order valence-corrected chi connectivity index (χ3v) is 2.26. The molecule has 6 heteroatoms. The molecule has 0 fully saturated rings. The largest absolute Gasteiger partial charge is 0.330 e. The summed E-state index contributed by atoms with van der Waals surface area (Å²) in [5.74, 6) is 2.69. The number of hydrogen-bond donors (Lipinski definition) is 1. The summed E-state index contributed by atoms with van der Waals surface area (Å²) in [6.07, 6.45) is 0.997. The number of aromatic nitrogens is 3. The van der Waals surface area contributed by atoms with Gasteiger partial charge in [-0.25, -0.2) is 0 Å². The molecule has 0 radical (unpaired) electrons. The highest BCUT2D eigenvalue weighted by molar-refractivity contribution is 5.85. The number of nitrogens with two attached hydrogens (primary N) is 1. The molecule has 13 heavy (non-hydrogen) atoms. The number of rotatable bonds is 1. The Morgan fingerprint density at radius 3 is 2.69 bits per heavy atom. The van der Waals surface area contributed by atoms with Gasteiger partial charge < -0.3 is 10.3 Å². The molecule has 1 atom stereocenters. The van der Waals surface area contributed by atoms with Crippen LogP contribution in [0.5, 0.6) is 0 Å². The number of nitrogens with zero attached hydrogens (tertiary/aromatic N) is 3. The van der Waals surface area contributed by atoms with Gasteiger partial charge in [0.05, 0.1) is 0 Å². The lowest BCUT2D eigenvalue weighted by molar-refractivity contribution is 0.514. The molecular formula is C7H14Cl2N4. The Kier molecular flexibility index (Phi) is 4.67. The minimum Gasteiger partial charge on any atom is -0.330 e. The van der Waals surface area contributed by atoms with Gasteiger partial charge in [0, 0.05) is 13.0 Å². The standard InChI is InChI=1S/C7H12N4.2ClH/c1-5-9-10-7-2-6(3-8)4-11(5)7;;/h6H,2-4,8H2,1H3;2*1H. The first-order valence-electron chi connectivity index (χ1n) is 3.90. The third-order valence-electron chi connectivity index (χ3n) is 2.26. The minimum atomic E-state index is 0. The molecule has 4 nitrogen and oxygen atoms in total. The highest BCUT2D eigenvalue weighted by Crippen LogP contribution is 2.18. The first-order chi connectivity index (χ1) is 5.31. The lowest BCUT2D eigenvalue weighted by Gasteiger charge is -2.02. The maximum atomic E-state index is 5.56. The number of hydrogen-bond acceptors (Lipinski definition) is 3. The van der Waals surface area contributed by atoms with Crippen LogP contribution >= 0.6 is 24.8 Å². The molecular weight excluding hydrogens is 211 g/mol. The van der Waals surface area contributed by atoms with Crippen LogP contribution in [0.1, 0.15) is 11.6 Å². The zero-order valence-electron chi connectivity index (χ0n) is 7.43. The fraction of sp³-hybridized carbons (Fsp3) is 0.714. The van der Waals surface area contributed by atoms with E-state index >= 15 is 0 Å². The number of fused-ring (bicyclic) bond motifs is 1. The van der Waals surface area contributed by atoms with Gasteiger partial charge in [0.1, 0.15) is 11.6 Å². The molecule has 0 aromatic carbocycles. The molecule has 1 aromatic heterocycles. The summed E-state index contributed by atoms with van der Waals surface area (Å²) in [6.45, 7) is 3.74. The summed E-state index contributed by atoms with van der Waals surface area (Å²) < 4.78 is 2.15. The highest BCUT2D eigenvalue weighted by atomic mass is 35.5. The van der Waals surface area contributed by atoms with Crippen LogP contribution in [0.2, 0.25) is 0 Å². The second kappa shape index (κ2) is 4.79. The molecule has 2 rings (SSSR count). The molecule has 0 spiro atoms. The van der Waals surface area contributed by atoms with E-state index in [0.717, 1.165) is 31.2 Å². The number of aryl methyl sites for hydroxylation is 1. The molecule has 76 valence electrons. The van der Waals surface area contributed by atoms with E-state index in [-0.39, 0.29) is 24.8 Å². The number of halogens is 2. The van der Waals surface area contributed by atoms with E-state index < -0.39 is 0 Å². The van der Waals surface area contributed by atoms with Gasteiger partial charge in [-0.15, -0.1) is 35.0 Å². The van der Waals surface area contributed by atoms with E-state index in [4.69, 9.17) is 5.73 Å². The van der Waals surface area contributed by atoms with Crippen LogP contribution in [0.3, 0.4) is 0 Å². The molecule has 1 aliphatic heterocycles. The van der Waals surface area contributed by atoms with Crippen molar-refractivity contribution < 1.29 is 0 Å². The van der Waals surface area contributed by atoms with Crippen molar-refractivity contribution in [1.29, 1.82) is 0 Å². The summed E-state index contributed by atoms with van der Waals surface area (Å²) >= 11 is 0. The Labute approximate surface area is 89.7 Å². The van der Waals surface area contributed by atoms with Crippen molar-refractivity contribution in [2.24, 2.45) is 11.7 Å². The van der Waals surface area contributed by atoms with Crippen molar-refractivity contribution in [3.8, 4) is 0 Å². The van der Waals surface area contributed by atoms with Gasteiger partial charge in [-0.2, -0.15) is 0 Å². The molecule has 0 saturated heterocycles. The quantitative estimate of drug-likeness (QED) is 0.759. The van der Waals surface area contributed by atoms with Gasteiger partial charge in [-0.1, -0.05) is 0 Å². The molecule has 1 aliphatic rings. The summed E-state index contributed by atoms with van der Waals surface area (Å²) in [6, 6.07) is 0. The van der Waals surface area contributed by atoms with E-state index in [9.17, 15) is 0 Å². The van der Waals surface area contributed by atoms with Crippen molar-refractivity contribution in [2.75, 3.05) is 6.54 Å². The van der Waals surface area contributed by atoms with Gasteiger partial charge in [0.25, 0.3) is 0 Å². The first-order valence-corrected chi connectivity index (χ1v) is 3.90. The van der Waals surface area contributed by atoms with Gasteiger partial charge in [-0.3, -0.25) is 0 Å². The third kappa shape index (κ3) is 2.13. The van der Waals surface area contributed by atoms with Crippen LogP contribution in [0.15, 0.2) is 0 Å². The predicted octanol–water partition coefficient (Wildman–Crippen LogP) is 0.561. The second-order valence-electron chi connectivity index (χ2n) is 3.08. The van der Waals surface area contributed by atoms with Crippen LogP contribution < -0.4 is 5.73 Å². The first kappa shape index (κ1) is 12.7. The van der Waals surface area contributed by atoms with Crippen LogP contribution in [-0.2, 0) is 13.0 Å². The summed E-state index contributed by atoms with van der Waals surface area (Å²) in [4.78, 5) is 0. The normalized spacial score (nSPS) is 18.8. The summed E-state index contributed by atoms with van der Waals surface area (Å²) in [5, 5.41) is 8.03. The van der Waals surface area contributed by atoms with Crippen LogP contribution in [0, 0.1) is 12.8 Å². The van der Waals surface area contributed by atoms with Gasteiger partial charge >= 0.3 is 0 Å². The van der Waals surface area contributed by atoms with Gasteiger partial charge in [-0.05, 0) is 19.4 Å². The zero-order chi connectivity index (χ0) is 7.84. The summed E-state index contributed by atoms with van der Waals surface area (Å²) in [5.41, 5.74) is 5.56. The Morgan fingerprint density at radius 1 is 1.46 bits per heavy atom. The highest BCUT2D eigenvalue weighted by Gasteiger charge is 2.22. The van der Waals surface area contributed by atoms with E-state index in [1.807, 2.05) is 6.92 Å². The lowest BCUT2D eigenvalue weighted by Crippen LogP contribution is -2.15. The topological polar surface area (TPSA) is 56.7 Å². The van der Waals surface area contributed by atoms with Crippen molar-refractivity contribution in [3.05, 3.63) is 11.6 Å². The van der Waals surface area contributed by atoms with Crippen molar-refractivity contribution in [3.63, 3.8) is 0 Å². The molecule has 0 bridgehead atoms. The molecule has 2 heterocycles. The van der Waals surface area contributed by atoms with Crippen molar-refractivity contribution >= 4 is 24.8 Å². The smallest absolute Gasteiger partial charge is 0.133 e. The molecule has 0 amide bonds. The molecule has 1 unspecified atom stereocenters. The van der Waals surface area contributed by atoms with Crippen LogP contribution in [0.25, 0.3) is 0 Å². The SMILES string of the molecule is Cc1nnc2n1CC(CN)C2.Cl.Cl. The van der Waals surface area contributed by atoms with Crippen LogP contribution in [-0.4, -0.2) is 21.3 Å². The van der Waals surface area contributed by atoms with E-state index in [1.165, 1.54) is 0 Å². The molecule has 2 N–H and O–H groups in total. The van der Waals surface area contributed by atoms with Crippen LogP contribution in [0.4, 0.5) is 0 Å². The molecule has 1 aromatic rings. The monoisotopic (exact) mass is 224 g/mol. The van der Waals surface area contributed by atoms with E-state index in [1.54, 1.807) is 0 Å². The van der Waals surface area contributed by atoms with Crippen molar-refractivity contribution in [2.45, 2.75) is 19.9 Å². The second-order valence-corrected chi connectivity index (χ2v) is 3.08. The molecule has 0 saturated carbocycles. The van der Waals surface area contributed by atoms with E-state index in [0.29, 0.717) is 5.92 Å².